The number of aromatic hydroxyl groups is 1. The van der Waals surface area contributed by atoms with Gasteiger partial charge in [0, 0.05) is 18.1 Å². The molecule has 0 aliphatic carbocycles. The third kappa shape index (κ3) is 4.44. The summed E-state index contributed by atoms with van der Waals surface area (Å²) >= 11 is 0. The molecule has 2 aromatic rings. The van der Waals surface area contributed by atoms with Gasteiger partial charge in [-0.3, -0.25) is 9.59 Å². The van der Waals surface area contributed by atoms with Gasteiger partial charge in [0.05, 0.1) is 23.4 Å². The van der Waals surface area contributed by atoms with Crippen LogP contribution in [-0.4, -0.2) is 36.2 Å². The topological polar surface area (TPSA) is 111 Å². The molecule has 0 fully saturated rings. The Morgan fingerprint density at radius 1 is 1.12 bits per heavy atom. The lowest BCUT2D eigenvalue weighted by Gasteiger charge is -2.24. The fourth-order valence-corrected chi connectivity index (χ4v) is 3.49. The number of ether oxygens (including phenoxy) is 3. The van der Waals surface area contributed by atoms with Crippen LogP contribution in [0.25, 0.3) is 6.08 Å². The molecule has 0 spiro atoms. The highest BCUT2D eigenvalue weighted by Crippen LogP contribution is 2.41. The van der Waals surface area contributed by atoms with Crippen LogP contribution in [0.3, 0.4) is 0 Å². The van der Waals surface area contributed by atoms with Crippen molar-refractivity contribution >= 4 is 29.6 Å². The van der Waals surface area contributed by atoms with Gasteiger partial charge < -0.3 is 24.6 Å². The highest BCUT2D eigenvalue weighted by Gasteiger charge is 2.26. The van der Waals surface area contributed by atoms with Gasteiger partial charge in [-0.25, -0.2) is 4.79 Å². The number of anilines is 1. The normalized spacial score (nSPS) is 12.2. The van der Waals surface area contributed by atoms with Crippen LogP contribution >= 0.6 is 0 Å². The molecular weight excluding hydrogens is 414 g/mol. The van der Waals surface area contributed by atoms with Crippen LogP contribution in [0.4, 0.5) is 5.69 Å². The van der Waals surface area contributed by atoms with E-state index in [-0.39, 0.29) is 30.2 Å². The van der Waals surface area contributed by atoms with E-state index in [1.165, 1.54) is 25.1 Å². The van der Waals surface area contributed by atoms with Crippen molar-refractivity contribution in [3.63, 3.8) is 0 Å². The number of rotatable bonds is 5. The van der Waals surface area contributed by atoms with Gasteiger partial charge >= 0.3 is 11.9 Å². The quantitative estimate of drug-likeness (QED) is 0.414. The second-order valence-corrected chi connectivity index (χ2v) is 7.40. The summed E-state index contributed by atoms with van der Waals surface area (Å²) in [6.45, 7) is 8.68. The number of esters is 2. The average molecular weight is 439 g/mol. The summed E-state index contributed by atoms with van der Waals surface area (Å²) in [5.74, 6) is -0.625. The first-order valence-corrected chi connectivity index (χ1v) is 10.1. The maximum atomic E-state index is 13.0. The average Bonchev–Trinajstić information content (AvgIpc) is 2.76. The van der Waals surface area contributed by atoms with Gasteiger partial charge in [-0.2, -0.15) is 0 Å². The summed E-state index contributed by atoms with van der Waals surface area (Å²) in [4.78, 5) is 36.7. The third-order valence-electron chi connectivity index (χ3n) is 5.21. The third-order valence-corrected chi connectivity index (χ3v) is 5.21. The first-order chi connectivity index (χ1) is 15.1. The van der Waals surface area contributed by atoms with Crippen molar-refractivity contribution in [2.45, 2.75) is 34.6 Å². The van der Waals surface area contributed by atoms with E-state index in [0.29, 0.717) is 28.2 Å². The van der Waals surface area contributed by atoms with Crippen LogP contribution in [-0.2, 0) is 14.3 Å². The van der Waals surface area contributed by atoms with Crippen molar-refractivity contribution < 1.29 is 33.7 Å². The second-order valence-electron chi connectivity index (χ2n) is 7.40. The zero-order valence-corrected chi connectivity index (χ0v) is 18.6. The number of fused-ring (bicyclic) bond motifs is 1. The van der Waals surface area contributed by atoms with E-state index >= 15 is 0 Å². The molecule has 0 bridgehead atoms. The maximum Gasteiger partial charge on any atom is 0.340 e. The van der Waals surface area contributed by atoms with Crippen LogP contribution in [0, 0.1) is 20.8 Å². The lowest BCUT2D eigenvalue weighted by atomic mass is 9.94. The summed E-state index contributed by atoms with van der Waals surface area (Å²) in [7, 11) is 0. The van der Waals surface area contributed by atoms with Crippen molar-refractivity contribution in [1.82, 2.24) is 0 Å². The van der Waals surface area contributed by atoms with E-state index in [9.17, 15) is 19.5 Å². The molecule has 0 radical (unpaired) electrons. The minimum Gasteiger partial charge on any atom is -0.508 e. The maximum absolute atomic E-state index is 13.0. The van der Waals surface area contributed by atoms with E-state index in [1.807, 2.05) is 13.8 Å². The standard InChI is InChI=1S/C24H25NO7/c1-6-30-24(29)19-10-17(27)7-8-20(19)25-23(28)16-9-18-14(4)21(32-15(5)26)12(2)13(3)22(18)31-11-16/h7-10,27H,6,11H2,1-5H3,(H,25,28). The molecule has 0 aromatic heterocycles. The van der Waals surface area contributed by atoms with Crippen LogP contribution in [0.1, 0.15) is 46.5 Å². The molecule has 1 aliphatic heterocycles. The van der Waals surface area contributed by atoms with Crippen LogP contribution in [0.5, 0.6) is 17.2 Å². The molecule has 3 rings (SSSR count). The number of benzene rings is 2. The smallest absolute Gasteiger partial charge is 0.340 e. The van der Waals surface area contributed by atoms with E-state index in [4.69, 9.17) is 14.2 Å². The summed E-state index contributed by atoms with van der Waals surface area (Å²) in [5.41, 5.74) is 3.51. The van der Waals surface area contributed by atoms with Crippen molar-refractivity contribution in [3.05, 3.63) is 51.6 Å². The molecule has 32 heavy (non-hydrogen) atoms. The second kappa shape index (κ2) is 9.13. The Labute approximate surface area is 185 Å². The molecule has 0 saturated carbocycles. The zero-order valence-electron chi connectivity index (χ0n) is 18.6. The van der Waals surface area contributed by atoms with Gasteiger partial charge in [-0.15, -0.1) is 0 Å². The Bertz CT molecular complexity index is 1150. The highest BCUT2D eigenvalue weighted by atomic mass is 16.5. The molecule has 1 aliphatic rings. The molecule has 8 nitrogen and oxygen atoms in total. The molecule has 0 unspecified atom stereocenters. The number of carbonyl (C=O) groups excluding carboxylic acids is 3. The van der Waals surface area contributed by atoms with E-state index in [2.05, 4.69) is 5.32 Å². The summed E-state index contributed by atoms with van der Waals surface area (Å²) in [6.07, 6.45) is 1.69. The molecule has 0 atom stereocenters. The molecule has 1 amide bonds. The lowest BCUT2D eigenvalue weighted by molar-refractivity contribution is -0.132. The molecular formula is C24H25NO7. The summed E-state index contributed by atoms with van der Waals surface area (Å²) in [6, 6.07) is 4.02. The Kier molecular flexibility index (Phi) is 6.53. The summed E-state index contributed by atoms with van der Waals surface area (Å²) in [5, 5.41) is 12.4. The monoisotopic (exact) mass is 439 g/mol. The van der Waals surface area contributed by atoms with E-state index < -0.39 is 17.8 Å². The number of phenols is 1. The van der Waals surface area contributed by atoms with Gasteiger partial charge in [0.1, 0.15) is 23.9 Å². The number of carbonyl (C=O) groups is 3. The molecule has 168 valence electrons. The number of hydrogen-bond acceptors (Lipinski definition) is 7. The van der Waals surface area contributed by atoms with Gasteiger partial charge in [-0.1, -0.05) is 0 Å². The van der Waals surface area contributed by atoms with Crippen LogP contribution < -0.4 is 14.8 Å². The van der Waals surface area contributed by atoms with Crippen LogP contribution in [0.2, 0.25) is 0 Å². The number of amides is 1. The molecule has 2 N–H and O–H groups in total. The van der Waals surface area contributed by atoms with Crippen molar-refractivity contribution in [3.8, 4) is 17.2 Å². The van der Waals surface area contributed by atoms with Crippen molar-refractivity contribution in [2.24, 2.45) is 0 Å². The largest absolute Gasteiger partial charge is 0.508 e. The predicted molar refractivity (Wildman–Crippen MR) is 118 cm³/mol. The molecule has 0 saturated heterocycles. The number of nitrogens with one attached hydrogen (secondary N) is 1. The fraction of sp³-hybridized carbons (Fsp3) is 0.292. The van der Waals surface area contributed by atoms with Gasteiger partial charge in [-0.05, 0) is 63.1 Å². The molecule has 1 heterocycles. The predicted octanol–water partition coefficient (Wildman–Crippen LogP) is 3.83. The van der Waals surface area contributed by atoms with Gasteiger partial charge in [0.2, 0.25) is 0 Å². The number of phenolic OH excluding ortho intramolecular Hbond substituents is 1. The van der Waals surface area contributed by atoms with Gasteiger partial charge in [0.25, 0.3) is 5.91 Å². The fourth-order valence-electron chi connectivity index (χ4n) is 3.49. The van der Waals surface area contributed by atoms with Crippen molar-refractivity contribution in [2.75, 3.05) is 18.5 Å². The van der Waals surface area contributed by atoms with Crippen LogP contribution in [0.15, 0.2) is 23.8 Å². The Hall–Kier alpha value is -3.81. The Balaban J connectivity index is 1.97. The Morgan fingerprint density at radius 2 is 1.84 bits per heavy atom. The van der Waals surface area contributed by atoms with Crippen molar-refractivity contribution in [1.29, 1.82) is 0 Å². The minimum absolute atomic E-state index is 0.0261. The first kappa shape index (κ1) is 22.9. The molecule has 8 heteroatoms. The summed E-state index contributed by atoms with van der Waals surface area (Å²) < 4.78 is 16.3. The lowest BCUT2D eigenvalue weighted by Crippen LogP contribution is -2.23. The Morgan fingerprint density at radius 3 is 2.50 bits per heavy atom. The van der Waals surface area contributed by atoms with E-state index in [1.54, 1.807) is 19.9 Å². The highest BCUT2D eigenvalue weighted by molar-refractivity contribution is 6.10. The van der Waals surface area contributed by atoms with Gasteiger partial charge in [0.15, 0.2) is 0 Å². The zero-order chi connectivity index (χ0) is 23.6. The first-order valence-electron chi connectivity index (χ1n) is 10.1. The number of hydrogen-bond donors (Lipinski definition) is 2. The minimum atomic E-state index is -0.661. The van der Waals surface area contributed by atoms with E-state index in [0.717, 1.165) is 11.1 Å². The molecule has 2 aromatic carbocycles. The SMILES string of the molecule is CCOC(=O)c1cc(O)ccc1NC(=O)C1=Cc2c(C)c(OC(C)=O)c(C)c(C)c2OC1.